The Morgan fingerprint density at radius 2 is 1.85 bits per heavy atom. The molecule has 1 aromatic rings. The lowest BCUT2D eigenvalue weighted by Gasteiger charge is -2.27. The van der Waals surface area contributed by atoms with Gasteiger partial charge in [0.1, 0.15) is 6.54 Å². The van der Waals surface area contributed by atoms with Crippen molar-refractivity contribution in [2.45, 2.75) is 19.9 Å². The fourth-order valence-corrected chi connectivity index (χ4v) is 1.62. The molecule has 20 heavy (non-hydrogen) atoms. The molecule has 0 fully saturated rings. The van der Waals surface area contributed by atoms with Gasteiger partial charge in [0.25, 0.3) is 0 Å². The van der Waals surface area contributed by atoms with Crippen molar-refractivity contribution >= 4 is 17.8 Å². The van der Waals surface area contributed by atoms with Crippen molar-refractivity contribution in [2.75, 3.05) is 32.1 Å². The number of amides is 1. The number of carbonyl (C=O) groups excluding carboxylic acids is 2. The number of likely N-dealkylation sites (N-methyl/N-ethyl adjacent to an activating group) is 1. The molecule has 7 heteroatoms. The summed E-state index contributed by atoms with van der Waals surface area (Å²) < 4.78 is 4.60. The van der Waals surface area contributed by atoms with Crippen LogP contribution in [-0.4, -0.2) is 60.0 Å². The van der Waals surface area contributed by atoms with E-state index in [4.69, 9.17) is 0 Å². The molecule has 0 aliphatic carbocycles. The maximum Gasteiger partial charge on any atom is 0.325 e. The Hall–Kier alpha value is -2.18. The summed E-state index contributed by atoms with van der Waals surface area (Å²) in [4.78, 5) is 34.8. The smallest absolute Gasteiger partial charge is 0.325 e. The standard InChI is InChI=1S/C13H20N4O3/c1-10(2)17(9-12(19)20-4)11(18)8-16(3)13-14-6-5-7-15-13/h5-7,10H,8-9H2,1-4H3. The van der Waals surface area contributed by atoms with Crippen molar-refractivity contribution in [3.8, 4) is 0 Å². The monoisotopic (exact) mass is 280 g/mol. The predicted molar refractivity (Wildman–Crippen MR) is 74.2 cm³/mol. The second-order valence-corrected chi connectivity index (χ2v) is 4.60. The molecule has 0 spiro atoms. The van der Waals surface area contributed by atoms with E-state index in [1.54, 1.807) is 30.4 Å². The van der Waals surface area contributed by atoms with Gasteiger partial charge in [-0.2, -0.15) is 0 Å². The first-order valence-corrected chi connectivity index (χ1v) is 6.30. The highest BCUT2D eigenvalue weighted by Gasteiger charge is 2.22. The third kappa shape index (κ3) is 4.49. The molecule has 0 aliphatic heterocycles. The number of ether oxygens (including phenoxy) is 1. The van der Waals surface area contributed by atoms with E-state index in [1.807, 2.05) is 13.8 Å². The first-order chi connectivity index (χ1) is 9.45. The van der Waals surface area contributed by atoms with Crippen LogP contribution in [0.1, 0.15) is 13.8 Å². The molecular weight excluding hydrogens is 260 g/mol. The molecule has 110 valence electrons. The molecule has 0 N–H and O–H groups in total. The molecule has 0 saturated carbocycles. The third-order valence-corrected chi connectivity index (χ3v) is 2.74. The normalized spacial score (nSPS) is 10.2. The van der Waals surface area contributed by atoms with Gasteiger partial charge in [-0.1, -0.05) is 0 Å². The van der Waals surface area contributed by atoms with Gasteiger partial charge in [-0.05, 0) is 19.9 Å². The molecule has 7 nitrogen and oxygen atoms in total. The van der Waals surface area contributed by atoms with Gasteiger partial charge in [-0.25, -0.2) is 9.97 Å². The second-order valence-electron chi connectivity index (χ2n) is 4.60. The number of esters is 1. The van der Waals surface area contributed by atoms with Crippen molar-refractivity contribution in [2.24, 2.45) is 0 Å². The number of hydrogen-bond acceptors (Lipinski definition) is 6. The number of hydrogen-bond donors (Lipinski definition) is 0. The Kier molecular flexibility index (Phi) is 5.89. The van der Waals surface area contributed by atoms with Gasteiger partial charge in [0.05, 0.1) is 13.7 Å². The fraction of sp³-hybridized carbons (Fsp3) is 0.538. The van der Waals surface area contributed by atoms with Crippen LogP contribution in [0.25, 0.3) is 0 Å². The molecule has 1 amide bonds. The van der Waals surface area contributed by atoms with E-state index in [0.717, 1.165) is 0 Å². The van der Waals surface area contributed by atoms with Gasteiger partial charge < -0.3 is 14.5 Å². The Morgan fingerprint density at radius 3 is 2.35 bits per heavy atom. The highest BCUT2D eigenvalue weighted by molar-refractivity contribution is 5.85. The van der Waals surface area contributed by atoms with Crippen molar-refractivity contribution in [1.82, 2.24) is 14.9 Å². The lowest BCUT2D eigenvalue weighted by atomic mass is 10.3. The summed E-state index contributed by atoms with van der Waals surface area (Å²) >= 11 is 0. The zero-order chi connectivity index (χ0) is 15.1. The molecule has 0 saturated heterocycles. The van der Waals surface area contributed by atoms with Gasteiger partial charge in [0.2, 0.25) is 11.9 Å². The zero-order valence-electron chi connectivity index (χ0n) is 12.2. The largest absolute Gasteiger partial charge is 0.468 e. The lowest BCUT2D eigenvalue weighted by Crippen LogP contribution is -2.45. The highest BCUT2D eigenvalue weighted by atomic mass is 16.5. The Bertz CT molecular complexity index is 450. The summed E-state index contributed by atoms with van der Waals surface area (Å²) in [6.45, 7) is 3.73. The van der Waals surface area contributed by atoms with E-state index in [2.05, 4.69) is 14.7 Å². The van der Waals surface area contributed by atoms with Crippen LogP contribution in [-0.2, 0) is 14.3 Å². The molecule has 1 heterocycles. The SMILES string of the molecule is COC(=O)CN(C(=O)CN(C)c1ncccn1)C(C)C. The maximum absolute atomic E-state index is 12.2. The minimum absolute atomic E-state index is 0.0590. The summed E-state index contributed by atoms with van der Waals surface area (Å²) in [6, 6.07) is 1.61. The first-order valence-electron chi connectivity index (χ1n) is 6.30. The summed E-state index contributed by atoms with van der Waals surface area (Å²) in [6.07, 6.45) is 3.22. The summed E-state index contributed by atoms with van der Waals surface area (Å²) in [7, 11) is 3.03. The number of rotatable bonds is 6. The molecule has 0 radical (unpaired) electrons. The van der Waals surface area contributed by atoms with Crippen LogP contribution < -0.4 is 4.90 Å². The third-order valence-electron chi connectivity index (χ3n) is 2.74. The molecule has 0 bridgehead atoms. The topological polar surface area (TPSA) is 75.6 Å². The van der Waals surface area contributed by atoms with E-state index in [1.165, 1.54) is 12.0 Å². The van der Waals surface area contributed by atoms with E-state index in [0.29, 0.717) is 5.95 Å². The average molecular weight is 280 g/mol. The maximum atomic E-state index is 12.2. The number of aromatic nitrogens is 2. The van der Waals surface area contributed by atoms with E-state index in [-0.39, 0.29) is 25.0 Å². The molecule has 1 aromatic heterocycles. The average Bonchev–Trinajstić information content (AvgIpc) is 2.44. The lowest BCUT2D eigenvalue weighted by molar-refractivity contribution is -0.147. The second kappa shape index (κ2) is 7.42. The van der Waals surface area contributed by atoms with Crippen LogP contribution in [0.5, 0.6) is 0 Å². The van der Waals surface area contributed by atoms with Gasteiger partial charge in [0, 0.05) is 25.5 Å². The fourth-order valence-electron chi connectivity index (χ4n) is 1.62. The van der Waals surface area contributed by atoms with Crippen LogP contribution in [0.15, 0.2) is 18.5 Å². The summed E-state index contributed by atoms with van der Waals surface area (Å²) in [5.74, 6) is -0.159. The minimum atomic E-state index is -0.439. The highest BCUT2D eigenvalue weighted by Crippen LogP contribution is 2.05. The quantitative estimate of drug-likeness (QED) is 0.699. The van der Waals surface area contributed by atoms with Crippen LogP contribution >= 0.6 is 0 Å². The van der Waals surface area contributed by atoms with E-state index < -0.39 is 5.97 Å². The van der Waals surface area contributed by atoms with Crippen LogP contribution in [0, 0.1) is 0 Å². The van der Waals surface area contributed by atoms with E-state index >= 15 is 0 Å². The Balaban J connectivity index is 2.69. The first kappa shape index (κ1) is 15.9. The van der Waals surface area contributed by atoms with Crippen LogP contribution in [0.2, 0.25) is 0 Å². The predicted octanol–water partition coefficient (Wildman–Crippen LogP) is 0.323. The van der Waals surface area contributed by atoms with Crippen molar-refractivity contribution < 1.29 is 14.3 Å². The molecule has 0 aromatic carbocycles. The van der Waals surface area contributed by atoms with E-state index in [9.17, 15) is 9.59 Å². The van der Waals surface area contributed by atoms with Gasteiger partial charge >= 0.3 is 5.97 Å². The molecule has 0 unspecified atom stereocenters. The Labute approximate surface area is 118 Å². The molecular formula is C13H20N4O3. The molecule has 0 atom stereocenters. The zero-order valence-corrected chi connectivity index (χ0v) is 12.2. The van der Waals surface area contributed by atoms with Crippen LogP contribution in [0.3, 0.4) is 0 Å². The number of carbonyl (C=O) groups is 2. The minimum Gasteiger partial charge on any atom is -0.468 e. The van der Waals surface area contributed by atoms with Crippen molar-refractivity contribution in [3.05, 3.63) is 18.5 Å². The van der Waals surface area contributed by atoms with Gasteiger partial charge in [-0.15, -0.1) is 0 Å². The number of anilines is 1. The van der Waals surface area contributed by atoms with Crippen molar-refractivity contribution in [3.63, 3.8) is 0 Å². The molecule has 0 aliphatic rings. The van der Waals surface area contributed by atoms with Crippen LogP contribution in [0.4, 0.5) is 5.95 Å². The number of nitrogens with zero attached hydrogens (tertiary/aromatic N) is 4. The van der Waals surface area contributed by atoms with Crippen molar-refractivity contribution in [1.29, 1.82) is 0 Å². The summed E-state index contributed by atoms with van der Waals surface area (Å²) in [5, 5.41) is 0. The van der Waals surface area contributed by atoms with Gasteiger partial charge in [0.15, 0.2) is 0 Å². The Morgan fingerprint density at radius 1 is 1.25 bits per heavy atom. The summed E-state index contributed by atoms with van der Waals surface area (Å²) in [5.41, 5.74) is 0. The van der Waals surface area contributed by atoms with Gasteiger partial charge in [-0.3, -0.25) is 9.59 Å². The molecule has 1 rings (SSSR count). The number of methoxy groups -OCH3 is 1.